The van der Waals surface area contributed by atoms with E-state index >= 15 is 0 Å². The van der Waals surface area contributed by atoms with Crippen molar-refractivity contribution in [1.82, 2.24) is 29.6 Å². The lowest BCUT2D eigenvalue weighted by molar-refractivity contribution is 0.765. The second-order valence-corrected chi connectivity index (χ2v) is 6.12. The lowest BCUT2D eigenvalue weighted by atomic mass is 10.2. The molecule has 4 rings (SSSR count). The maximum Gasteiger partial charge on any atom is 0.186 e. The molecule has 1 unspecified atom stereocenters. The highest BCUT2D eigenvalue weighted by atomic mass is 32.1. The molecule has 0 fully saturated rings. The predicted molar refractivity (Wildman–Crippen MR) is 89.3 cm³/mol. The Labute approximate surface area is 136 Å². The molecule has 4 heterocycles. The summed E-state index contributed by atoms with van der Waals surface area (Å²) in [7, 11) is 1.91. The fraction of sp³-hybridized carbons (Fsp3) is 0.200. The minimum absolute atomic E-state index is 0.106. The van der Waals surface area contributed by atoms with Gasteiger partial charge in [-0.25, -0.2) is 0 Å². The number of hydrogen-bond donors (Lipinski definition) is 1. The van der Waals surface area contributed by atoms with Gasteiger partial charge in [0.2, 0.25) is 0 Å². The molecule has 7 nitrogen and oxygen atoms in total. The second-order valence-electron chi connectivity index (χ2n) is 5.34. The van der Waals surface area contributed by atoms with E-state index in [4.69, 9.17) is 0 Å². The van der Waals surface area contributed by atoms with E-state index in [1.54, 1.807) is 20.5 Å². The lowest BCUT2D eigenvalue weighted by Crippen LogP contribution is -2.09. The Morgan fingerprint density at radius 2 is 2.13 bits per heavy atom. The molecule has 1 N–H and O–H groups in total. The van der Waals surface area contributed by atoms with Crippen LogP contribution in [0, 0.1) is 0 Å². The van der Waals surface area contributed by atoms with E-state index in [9.17, 15) is 0 Å². The van der Waals surface area contributed by atoms with Gasteiger partial charge in [-0.3, -0.25) is 4.68 Å². The lowest BCUT2D eigenvalue weighted by Gasteiger charge is -2.12. The van der Waals surface area contributed by atoms with Crippen LogP contribution in [0.2, 0.25) is 0 Å². The van der Waals surface area contributed by atoms with Crippen LogP contribution in [0.4, 0.5) is 5.82 Å². The SMILES string of the molecule is CC(Nc1ccc2nnc(-c3ccsc3)n2n1)c1cnn(C)c1. The van der Waals surface area contributed by atoms with E-state index in [-0.39, 0.29) is 6.04 Å². The molecule has 0 aliphatic heterocycles. The molecule has 8 heteroatoms. The van der Waals surface area contributed by atoms with Crippen LogP contribution in [0.15, 0.2) is 41.4 Å². The highest BCUT2D eigenvalue weighted by molar-refractivity contribution is 7.08. The summed E-state index contributed by atoms with van der Waals surface area (Å²) in [6.07, 6.45) is 3.84. The van der Waals surface area contributed by atoms with Crippen LogP contribution >= 0.6 is 11.3 Å². The van der Waals surface area contributed by atoms with Crippen LogP contribution < -0.4 is 5.32 Å². The van der Waals surface area contributed by atoms with Gasteiger partial charge in [-0.2, -0.15) is 21.0 Å². The van der Waals surface area contributed by atoms with E-state index < -0.39 is 0 Å². The molecule has 0 saturated heterocycles. The quantitative estimate of drug-likeness (QED) is 0.624. The van der Waals surface area contributed by atoms with Crippen molar-refractivity contribution in [3.8, 4) is 11.4 Å². The Morgan fingerprint density at radius 3 is 2.87 bits per heavy atom. The number of rotatable bonds is 4. The molecule has 4 aromatic heterocycles. The van der Waals surface area contributed by atoms with E-state index in [1.165, 1.54) is 0 Å². The van der Waals surface area contributed by atoms with Gasteiger partial charge < -0.3 is 5.32 Å². The fourth-order valence-electron chi connectivity index (χ4n) is 2.41. The van der Waals surface area contributed by atoms with E-state index in [1.807, 2.05) is 48.4 Å². The van der Waals surface area contributed by atoms with Crippen LogP contribution in [0.5, 0.6) is 0 Å². The van der Waals surface area contributed by atoms with Crippen LogP contribution in [0.3, 0.4) is 0 Å². The van der Waals surface area contributed by atoms with Gasteiger partial charge in [0, 0.05) is 29.8 Å². The normalized spacial score (nSPS) is 12.6. The molecular formula is C15H15N7S. The predicted octanol–water partition coefficient (Wildman–Crippen LogP) is 2.76. The first-order chi connectivity index (χ1) is 11.2. The molecule has 1 atom stereocenters. The number of nitrogens with zero attached hydrogens (tertiary/aromatic N) is 6. The monoisotopic (exact) mass is 325 g/mol. The summed E-state index contributed by atoms with van der Waals surface area (Å²) in [5.74, 6) is 1.52. The van der Waals surface area contributed by atoms with Gasteiger partial charge in [-0.1, -0.05) is 0 Å². The van der Waals surface area contributed by atoms with Crippen molar-refractivity contribution >= 4 is 22.8 Å². The van der Waals surface area contributed by atoms with Crippen molar-refractivity contribution in [3.63, 3.8) is 0 Å². The van der Waals surface area contributed by atoms with E-state index in [0.29, 0.717) is 0 Å². The second kappa shape index (κ2) is 5.47. The molecular weight excluding hydrogens is 310 g/mol. The Balaban J connectivity index is 1.67. The van der Waals surface area contributed by atoms with Crippen molar-refractivity contribution in [1.29, 1.82) is 0 Å². The summed E-state index contributed by atoms with van der Waals surface area (Å²) in [4.78, 5) is 0. The largest absolute Gasteiger partial charge is 0.362 e. The Bertz CT molecular complexity index is 938. The average molecular weight is 325 g/mol. The number of aryl methyl sites for hydroxylation is 1. The molecule has 116 valence electrons. The van der Waals surface area contributed by atoms with Gasteiger partial charge in [0.15, 0.2) is 11.5 Å². The molecule has 0 spiro atoms. The molecule has 0 amide bonds. The first-order valence-corrected chi connectivity index (χ1v) is 8.15. The first-order valence-electron chi connectivity index (χ1n) is 7.21. The van der Waals surface area contributed by atoms with Gasteiger partial charge in [0.05, 0.1) is 12.2 Å². The number of fused-ring (bicyclic) bond motifs is 1. The Kier molecular flexibility index (Phi) is 3.30. The third kappa shape index (κ3) is 2.57. The number of aromatic nitrogens is 6. The topological polar surface area (TPSA) is 72.9 Å². The van der Waals surface area contributed by atoms with Crippen molar-refractivity contribution in [3.05, 3.63) is 46.9 Å². The van der Waals surface area contributed by atoms with E-state index in [0.717, 1.165) is 28.4 Å². The van der Waals surface area contributed by atoms with Crippen molar-refractivity contribution in [2.45, 2.75) is 13.0 Å². The van der Waals surface area contributed by atoms with Crippen LogP contribution in [0.25, 0.3) is 17.0 Å². The molecule has 4 aromatic rings. The molecule has 0 aliphatic rings. The molecule has 0 bridgehead atoms. The number of hydrogen-bond acceptors (Lipinski definition) is 6. The summed E-state index contributed by atoms with van der Waals surface area (Å²) in [6, 6.07) is 5.94. The van der Waals surface area contributed by atoms with Crippen molar-refractivity contribution in [2.24, 2.45) is 7.05 Å². The molecule has 0 radical (unpaired) electrons. The van der Waals surface area contributed by atoms with Gasteiger partial charge in [0.25, 0.3) is 0 Å². The number of nitrogens with one attached hydrogen (secondary N) is 1. The summed E-state index contributed by atoms with van der Waals surface area (Å²) in [6.45, 7) is 2.08. The zero-order valence-electron chi connectivity index (χ0n) is 12.7. The van der Waals surface area contributed by atoms with Crippen molar-refractivity contribution < 1.29 is 0 Å². The van der Waals surface area contributed by atoms with Gasteiger partial charge in [-0.05, 0) is 30.5 Å². The summed E-state index contributed by atoms with van der Waals surface area (Å²) in [5.41, 5.74) is 2.86. The zero-order valence-corrected chi connectivity index (χ0v) is 13.5. The average Bonchev–Trinajstić information content (AvgIpc) is 3.26. The highest BCUT2D eigenvalue weighted by Crippen LogP contribution is 2.22. The molecule has 0 aromatic carbocycles. The smallest absolute Gasteiger partial charge is 0.186 e. The van der Waals surface area contributed by atoms with Gasteiger partial charge >= 0.3 is 0 Å². The van der Waals surface area contributed by atoms with Crippen LogP contribution in [-0.2, 0) is 7.05 Å². The highest BCUT2D eigenvalue weighted by Gasteiger charge is 2.12. The first kappa shape index (κ1) is 13.9. The molecule has 23 heavy (non-hydrogen) atoms. The van der Waals surface area contributed by atoms with E-state index in [2.05, 4.69) is 32.6 Å². The third-order valence-electron chi connectivity index (χ3n) is 3.63. The third-order valence-corrected chi connectivity index (χ3v) is 4.31. The molecule has 0 saturated carbocycles. The number of thiophene rings is 1. The van der Waals surface area contributed by atoms with Gasteiger partial charge in [-0.15, -0.1) is 15.3 Å². The maximum atomic E-state index is 4.62. The van der Waals surface area contributed by atoms with Gasteiger partial charge in [0.1, 0.15) is 5.82 Å². The Morgan fingerprint density at radius 1 is 1.22 bits per heavy atom. The molecule has 0 aliphatic carbocycles. The maximum absolute atomic E-state index is 4.62. The van der Waals surface area contributed by atoms with Crippen molar-refractivity contribution in [2.75, 3.05) is 5.32 Å². The minimum atomic E-state index is 0.106. The minimum Gasteiger partial charge on any atom is -0.362 e. The zero-order chi connectivity index (χ0) is 15.8. The van der Waals surface area contributed by atoms with Crippen LogP contribution in [-0.4, -0.2) is 29.6 Å². The Hall–Kier alpha value is -2.74. The summed E-state index contributed by atoms with van der Waals surface area (Å²) in [5, 5.41) is 24.7. The number of anilines is 1. The van der Waals surface area contributed by atoms with Crippen LogP contribution in [0.1, 0.15) is 18.5 Å². The summed E-state index contributed by atoms with van der Waals surface area (Å²) < 4.78 is 3.55. The standard InChI is InChI=1S/C15H15N7S/c1-10(12-7-16-21(2)8-12)17-13-3-4-14-18-19-15(22(14)20-13)11-5-6-23-9-11/h3-10H,1-2H3,(H,17,20). The fourth-order valence-corrected chi connectivity index (χ4v) is 3.04. The summed E-state index contributed by atoms with van der Waals surface area (Å²) >= 11 is 1.63.